The zero-order valence-corrected chi connectivity index (χ0v) is 22.6. The van der Waals surface area contributed by atoms with Crippen molar-refractivity contribution in [3.8, 4) is 17.2 Å². The zero-order valence-electron chi connectivity index (χ0n) is 22.6. The summed E-state index contributed by atoms with van der Waals surface area (Å²) in [5.74, 6) is 2.56. The minimum absolute atomic E-state index is 0.215. The van der Waals surface area contributed by atoms with E-state index < -0.39 is 0 Å². The average molecular weight is 491 g/mol. The number of carbonyl (C=O) groups excluding carboxylic acids is 1. The monoisotopic (exact) mass is 490 g/mol. The Balaban J connectivity index is 1.69. The van der Waals surface area contributed by atoms with Crippen molar-refractivity contribution in [2.24, 2.45) is 5.92 Å². The van der Waals surface area contributed by atoms with Gasteiger partial charge in [-0.3, -0.25) is 4.79 Å². The molecule has 2 aromatic rings. The fourth-order valence-electron chi connectivity index (χ4n) is 5.46. The largest absolute Gasteiger partial charge is 0.493 e. The molecule has 1 heterocycles. The minimum atomic E-state index is 0.215. The molecule has 0 spiro atoms. The summed E-state index contributed by atoms with van der Waals surface area (Å²) in [5.41, 5.74) is 7.83. The number of ether oxygens (including phenoxy) is 3. The van der Waals surface area contributed by atoms with Crippen LogP contribution in [0.5, 0.6) is 17.2 Å². The van der Waals surface area contributed by atoms with Gasteiger partial charge in [0.1, 0.15) is 0 Å². The van der Waals surface area contributed by atoms with Crippen molar-refractivity contribution in [2.75, 3.05) is 55.1 Å². The van der Waals surface area contributed by atoms with Crippen molar-refractivity contribution in [1.82, 2.24) is 9.80 Å². The maximum absolute atomic E-state index is 13.4. The Kier molecular flexibility index (Phi) is 7.74. The van der Waals surface area contributed by atoms with E-state index in [0.717, 1.165) is 59.5 Å². The van der Waals surface area contributed by atoms with Crippen LogP contribution in [-0.2, 0) is 4.79 Å². The van der Waals surface area contributed by atoms with Crippen LogP contribution in [0.25, 0.3) is 17.2 Å². The lowest BCUT2D eigenvalue weighted by Gasteiger charge is -2.19. The normalized spacial score (nSPS) is 18.3. The van der Waals surface area contributed by atoms with Gasteiger partial charge in [-0.05, 0) is 91.9 Å². The van der Waals surface area contributed by atoms with E-state index in [0.29, 0.717) is 29.6 Å². The molecule has 0 bridgehead atoms. The molecule has 0 N–H and O–H groups in total. The fourth-order valence-corrected chi connectivity index (χ4v) is 5.46. The van der Waals surface area contributed by atoms with Gasteiger partial charge in [0.2, 0.25) is 11.7 Å². The van der Waals surface area contributed by atoms with Crippen molar-refractivity contribution in [3.05, 3.63) is 58.2 Å². The van der Waals surface area contributed by atoms with Gasteiger partial charge >= 0.3 is 0 Å². The molecule has 4 rings (SSSR count). The van der Waals surface area contributed by atoms with E-state index in [9.17, 15) is 4.79 Å². The van der Waals surface area contributed by atoms with E-state index in [1.54, 1.807) is 21.3 Å². The molecule has 1 fully saturated rings. The van der Waals surface area contributed by atoms with Crippen molar-refractivity contribution in [2.45, 2.75) is 26.7 Å². The van der Waals surface area contributed by atoms with Crippen molar-refractivity contribution in [3.63, 3.8) is 0 Å². The van der Waals surface area contributed by atoms with Gasteiger partial charge in [0, 0.05) is 19.6 Å². The molecule has 0 saturated carbocycles. The SMILES string of the molecule is COc1cc(/C=C2/C(C)=C(CC(=O)N3CC[C@@H](CN(C)C)C3)c3cc(C)ccc32)cc(OC)c1OC. The summed E-state index contributed by atoms with van der Waals surface area (Å²) in [6, 6.07) is 10.4. The second-order valence-electron chi connectivity index (χ2n) is 10.1. The van der Waals surface area contributed by atoms with Gasteiger partial charge in [-0.1, -0.05) is 23.8 Å². The number of nitrogens with zero attached hydrogens (tertiary/aromatic N) is 2. The summed E-state index contributed by atoms with van der Waals surface area (Å²) in [4.78, 5) is 17.6. The lowest BCUT2D eigenvalue weighted by atomic mass is 9.98. The van der Waals surface area contributed by atoms with Crippen molar-refractivity contribution >= 4 is 23.1 Å². The van der Waals surface area contributed by atoms with Gasteiger partial charge < -0.3 is 24.0 Å². The average Bonchev–Trinajstić information content (AvgIpc) is 3.41. The number of amides is 1. The van der Waals surface area contributed by atoms with Crippen LogP contribution in [0.3, 0.4) is 0 Å². The predicted molar refractivity (Wildman–Crippen MR) is 146 cm³/mol. The second kappa shape index (κ2) is 10.8. The zero-order chi connectivity index (χ0) is 26.0. The number of aryl methyl sites for hydroxylation is 1. The molecule has 6 heteroatoms. The van der Waals surface area contributed by atoms with Crippen LogP contribution >= 0.6 is 0 Å². The van der Waals surface area contributed by atoms with Crippen LogP contribution in [0, 0.1) is 12.8 Å². The second-order valence-corrected chi connectivity index (χ2v) is 10.1. The van der Waals surface area contributed by atoms with E-state index in [-0.39, 0.29) is 5.91 Å². The summed E-state index contributed by atoms with van der Waals surface area (Å²) >= 11 is 0. The first-order chi connectivity index (χ1) is 17.2. The molecule has 1 atom stereocenters. The molecule has 192 valence electrons. The van der Waals surface area contributed by atoms with Gasteiger partial charge in [0.05, 0.1) is 27.8 Å². The number of hydrogen-bond donors (Lipinski definition) is 0. The Morgan fingerprint density at radius 1 is 1.03 bits per heavy atom. The summed E-state index contributed by atoms with van der Waals surface area (Å²) < 4.78 is 16.6. The lowest BCUT2D eigenvalue weighted by molar-refractivity contribution is -0.129. The first kappa shape index (κ1) is 25.8. The summed E-state index contributed by atoms with van der Waals surface area (Å²) in [7, 11) is 9.04. The van der Waals surface area contributed by atoms with Crippen LogP contribution in [0.2, 0.25) is 0 Å². The Bertz CT molecular complexity index is 1190. The highest BCUT2D eigenvalue weighted by Crippen LogP contribution is 2.45. The van der Waals surface area contributed by atoms with E-state index in [1.165, 1.54) is 5.56 Å². The number of rotatable bonds is 8. The Morgan fingerprint density at radius 3 is 2.33 bits per heavy atom. The molecule has 1 aliphatic carbocycles. The van der Waals surface area contributed by atoms with E-state index >= 15 is 0 Å². The molecule has 0 unspecified atom stereocenters. The van der Waals surface area contributed by atoms with Gasteiger partial charge in [0.15, 0.2) is 11.5 Å². The van der Waals surface area contributed by atoms with Gasteiger partial charge in [-0.15, -0.1) is 0 Å². The van der Waals surface area contributed by atoms with Crippen molar-refractivity contribution in [1.29, 1.82) is 0 Å². The van der Waals surface area contributed by atoms with E-state index in [1.807, 2.05) is 17.0 Å². The molecule has 1 aliphatic heterocycles. The van der Waals surface area contributed by atoms with Crippen molar-refractivity contribution < 1.29 is 19.0 Å². The summed E-state index contributed by atoms with van der Waals surface area (Å²) in [5, 5.41) is 0. The Morgan fingerprint density at radius 2 is 1.72 bits per heavy atom. The van der Waals surface area contributed by atoms with E-state index in [2.05, 4.69) is 57.1 Å². The van der Waals surface area contributed by atoms with Crippen LogP contribution in [0.15, 0.2) is 35.9 Å². The maximum atomic E-state index is 13.4. The van der Waals surface area contributed by atoms with Gasteiger partial charge in [-0.2, -0.15) is 0 Å². The standard InChI is InChI=1S/C30H38N2O4/c1-19-8-9-23-24(13-22-14-27(34-5)30(36-7)28(15-22)35-6)20(2)25(26(23)12-19)16-29(33)32-11-10-21(18-32)17-31(3)4/h8-9,12-15,21H,10-11,16-18H2,1-7H3/b24-13-/t21-/m0/s1. The first-order valence-corrected chi connectivity index (χ1v) is 12.5. The molecule has 0 radical (unpaired) electrons. The fraction of sp³-hybridized carbons (Fsp3) is 0.433. The molecule has 1 amide bonds. The number of fused-ring (bicyclic) bond motifs is 1. The summed E-state index contributed by atoms with van der Waals surface area (Å²) in [6.45, 7) is 6.94. The van der Waals surface area contributed by atoms with Crippen LogP contribution in [0.1, 0.15) is 42.0 Å². The molecule has 2 aromatic carbocycles. The number of benzene rings is 2. The first-order valence-electron chi connectivity index (χ1n) is 12.5. The lowest BCUT2D eigenvalue weighted by Crippen LogP contribution is -2.30. The summed E-state index contributed by atoms with van der Waals surface area (Å²) in [6.07, 6.45) is 3.64. The van der Waals surface area contributed by atoms with Crippen LogP contribution in [-0.4, -0.2) is 70.8 Å². The molecule has 36 heavy (non-hydrogen) atoms. The third kappa shape index (κ3) is 5.14. The number of hydrogen-bond acceptors (Lipinski definition) is 5. The number of carbonyl (C=O) groups is 1. The Hall–Kier alpha value is -3.25. The Labute approximate surface area is 215 Å². The van der Waals surface area contributed by atoms with E-state index in [4.69, 9.17) is 14.2 Å². The smallest absolute Gasteiger partial charge is 0.227 e. The number of likely N-dealkylation sites (tertiary alicyclic amines) is 1. The van der Waals surface area contributed by atoms with Gasteiger partial charge in [0.25, 0.3) is 0 Å². The van der Waals surface area contributed by atoms with Gasteiger partial charge in [-0.25, -0.2) is 0 Å². The molecular formula is C30H38N2O4. The molecule has 1 saturated heterocycles. The molecular weight excluding hydrogens is 452 g/mol. The highest BCUT2D eigenvalue weighted by atomic mass is 16.5. The number of allylic oxidation sites excluding steroid dienone is 2. The topological polar surface area (TPSA) is 51.2 Å². The molecule has 6 nitrogen and oxygen atoms in total. The maximum Gasteiger partial charge on any atom is 0.227 e. The minimum Gasteiger partial charge on any atom is -0.493 e. The molecule has 0 aromatic heterocycles. The van der Waals surface area contributed by atoms with Crippen LogP contribution < -0.4 is 14.2 Å². The third-order valence-corrected chi connectivity index (χ3v) is 7.23. The highest BCUT2D eigenvalue weighted by Gasteiger charge is 2.30. The predicted octanol–water partition coefficient (Wildman–Crippen LogP) is 5.15. The number of methoxy groups -OCH3 is 3. The quantitative estimate of drug-likeness (QED) is 0.512. The van der Waals surface area contributed by atoms with Crippen LogP contribution in [0.4, 0.5) is 0 Å². The molecule has 2 aliphatic rings. The highest BCUT2D eigenvalue weighted by molar-refractivity contribution is 6.08. The third-order valence-electron chi connectivity index (χ3n) is 7.23.